The molecule has 0 amide bonds. The van der Waals surface area contributed by atoms with Gasteiger partial charge in [-0.15, -0.1) is 0 Å². The number of nitrogens with two attached hydrogens (primary N) is 1. The van der Waals surface area contributed by atoms with Crippen LogP contribution in [0.25, 0.3) is 0 Å². The number of hydrogen-bond donors (Lipinski definition) is 1. The molecule has 1 unspecified atom stereocenters. The van der Waals surface area contributed by atoms with Crippen molar-refractivity contribution >= 4 is 23.2 Å². The first-order chi connectivity index (χ1) is 8.15. The van der Waals surface area contributed by atoms with Crippen molar-refractivity contribution in [2.24, 2.45) is 11.7 Å². The molecule has 1 aliphatic carbocycles. The van der Waals surface area contributed by atoms with Crippen molar-refractivity contribution < 1.29 is 0 Å². The second-order valence-corrected chi connectivity index (χ2v) is 5.92. The topological polar surface area (TPSA) is 26.0 Å². The zero-order valence-corrected chi connectivity index (χ0v) is 11.5. The van der Waals surface area contributed by atoms with Crippen molar-refractivity contribution in [1.82, 2.24) is 0 Å². The highest BCUT2D eigenvalue weighted by molar-refractivity contribution is 6.34. The van der Waals surface area contributed by atoms with Crippen molar-refractivity contribution in [3.8, 4) is 0 Å². The summed E-state index contributed by atoms with van der Waals surface area (Å²) < 4.78 is 0. The first-order valence-electron chi connectivity index (χ1n) is 6.37. The monoisotopic (exact) mass is 271 g/mol. The molecule has 1 aromatic carbocycles. The predicted octanol–water partition coefficient (Wildman–Crippen LogP) is 4.96. The Kier molecular flexibility index (Phi) is 4.72. The summed E-state index contributed by atoms with van der Waals surface area (Å²) in [5.41, 5.74) is 7.31. The molecule has 0 bridgehead atoms. The van der Waals surface area contributed by atoms with Crippen molar-refractivity contribution in [2.75, 3.05) is 0 Å². The van der Waals surface area contributed by atoms with Crippen LogP contribution in [-0.4, -0.2) is 0 Å². The Morgan fingerprint density at radius 2 is 1.65 bits per heavy atom. The fraction of sp³-hybridized carbons (Fsp3) is 0.571. The fourth-order valence-electron chi connectivity index (χ4n) is 2.71. The Bertz CT molecular complexity index is 352. The van der Waals surface area contributed by atoms with E-state index in [0.717, 1.165) is 17.9 Å². The lowest BCUT2D eigenvalue weighted by Gasteiger charge is -2.24. The Labute approximate surface area is 113 Å². The van der Waals surface area contributed by atoms with Crippen molar-refractivity contribution in [2.45, 2.75) is 44.6 Å². The highest BCUT2D eigenvalue weighted by Gasteiger charge is 2.18. The largest absolute Gasteiger partial charge is 0.324 e. The summed E-state index contributed by atoms with van der Waals surface area (Å²) in [5.74, 6) is 0.775. The van der Waals surface area contributed by atoms with Gasteiger partial charge in [-0.2, -0.15) is 0 Å². The molecule has 0 aliphatic heterocycles. The SMILES string of the molecule is NC(CC1CCCCC1)c1cc(Cl)cc(Cl)c1. The van der Waals surface area contributed by atoms with Crippen LogP contribution in [0.15, 0.2) is 18.2 Å². The van der Waals surface area contributed by atoms with Gasteiger partial charge in [-0.1, -0.05) is 55.3 Å². The van der Waals surface area contributed by atoms with Crippen molar-refractivity contribution in [3.63, 3.8) is 0 Å². The molecule has 1 fully saturated rings. The Morgan fingerprint density at radius 1 is 1.06 bits per heavy atom. The molecule has 1 nitrogen and oxygen atoms in total. The van der Waals surface area contributed by atoms with E-state index in [-0.39, 0.29) is 6.04 Å². The van der Waals surface area contributed by atoms with Crippen molar-refractivity contribution in [3.05, 3.63) is 33.8 Å². The third-order valence-electron chi connectivity index (χ3n) is 3.63. The molecule has 0 saturated heterocycles. The van der Waals surface area contributed by atoms with Gasteiger partial charge >= 0.3 is 0 Å². The molecule has 0 aromatic heterocycles. The molecule has 3 heteroatoms. The van der Waals surface area contributed by atoms with Gasteiger partial charge in [0.15, 0.2) is 0 Å². The van der Waals surface area contributed by atoms with Crippen LogP contribution in [0.1, 0.15) is 50.1 Å². The standard InChI is InChI=1S/C14H19Cl2N/c15-12-7-11(8-13(16)9-12)14(17)6-10-4-2-1-3-5-10/h7-10,14H,1-6,17H2. The highest BCUT2D eigenvalue weighted by Crippen LogP contribution is 2.32. The quantitative estimate of drug-likeness (QED) is 0.826. The lowest BCUT2D eigenvalue weighted by Crippen LogP contribution is -2.17. The van der Waals surface area contributed by atoms with E-state index in [9.17, 15) is 0 Å². The molecule has 0 spiro atoms. The molecular formula is C14H19Cl2N. The van der Waals surface area contributed by atoms with Crippen LogP contribution in [0.3, 0.4) is 0 Å². The van der Waals surface area contributed by atoms with Gasteiger partial charge in [0.05, 0.1) is 0 Å². The van der Waals surface area contributed by atoms with E-state index in [2.05, 4.69) is 0 Å². The van der Waals surface area contributed by atoms with E-state index in [1.165, 1.54) is 32.1 Å². The maximum Gasteiger partial charge on any atom is 0.0424 e. The average molecular weight is 272 g/mol. The average Bonchev–Trinajstić information content (AvgIpc) is 2.29. The molecule has 1 atom stereocenters. The molecule has 0 heterocycles. The van der Waals surface area contributed by atoms with Gasteiger partial charge in [0, 0.05) is 16.1 Å². The third kappa shape index (κ3) is 3.87. The van der Waals surface area contributed by atoms with Crippen LogP contribution in [0.4, 0.5) is 0 Å². The summed E-state index contributed by atoms with van der Waals surface area (Å²) >= 11 is 12.0. The van der Waals surface area contributed by atoms with Crippen LogP contribution < -0.4 is 5.73 Å². The van der Waals surface area contributed by atoms with E-state index >= 15 is 0 Å². The fourth-order valence-corrected chi connectivity index (χ4v) is 3.25. The first-order valence-corrected chi connectivity index (χ1v) is 7.12. The van der Waals surface area contributed by atoms with E-state index in [1.807, 2.05) is 12.1 Å². The number of hydrogen-bond acceptors (Lipinski definition) is 1. The van der Waals surface area contributed by atoms with Crippen LogP contribution >= 0.6 is 23.2 Å². The van der Waals surface area contributed by atoms with E-state index in [1.54, 1.807) is 6.07 Å². The molecule has 94 valence electrons. The molecule has 1 aromatic rings. The van der Waals surface area contributed by atoms with Gasteiger partial charge in [0.2, 0.25) is 0 Å². The van der Waals surface area contributed by atoms with Gasteiger partial charge in [0.25, 0.3) is 0 Å². The summed E-state index contributed by atoms with van der Waals surface area (Å²) in [7, 11) is 0. The zero-order chi connectivity index (χ0) is 12.3. The third-order valence-corrected chi connectivity index (χ3v) is 4.06. The van der Waals surface area contributed by atoms with E-state index < -0.39 is 0 Å². The minimum Gasteiger partial charge on any atom is -0.324 e. The van der Waals surface area contributed by atoms with Crippen LogP contribution in [0.5, 0.6) is 0 Å². The lowest BCUT2D eigenvalue weighted by atomic mass is 9.83. The summed E-state index contributed by atoms with van der Waals surface area (Å²) in [4.78, 5) is 0. The summed E-state index contributed by atoms with van der Waals surface area (Å²) in [6.45, 7) is 0. The number of benzene rings is 1. The second-order valence-electron chi connectivity index (χ2n) is 5.05. The molecule has 1 saturated carbocycles. The number of rotatable bonds is 3. The zero-order valence-electron chi connectivity index (χ0n) is 9.96. The van der Waals surface area contributed by atoms with Gasteiger partial charge < -0.3 is 5.73 Å². The van der Waals surface area contributed by atoms with Crippen LogP contribution in [0.2, 0.25) is 10.0 Å². The van der Waals surface area contributed by atoms with Gasteiger partial charge in [0.1, 0.15) is 0 Å². The van der Waals surface area contributed by atoms with Crippen molar-refractivity contribution in [1.29, 1.82) is 0 Å². The molecule has 17 heavy (non-hydrogen) atoms. The molecule has 2 rings (SSSR count). The molecule has 1 aliphatic rings. The van der Waals surface area contributed by atoms with Crippen LogP contribution in [-0.2, 0) is 0 Å². The number of halogens is 2. The lowest BCUT2D eigenvalue weighted by molar-refractivity contribution is 0.319. The predicted molar refractivity (Wildman–Crippen MR) is 74.6 cm³/mol. The summed E-state index contributed by atoms with van der Waals surface area (Å²) in [5, 5.41) is 1.35. The first kappa shape index (κ1) is 13.2. The highest BCUT2D eigenvalue weighted by atomic mass is 35.5. The smallest absolute Gasteiger partial charge is 0.0424 e. The Morgan fingerprint density at radius 3 is 2.24 bits per heavy atom. The minimum absolute atomic E-state index is 0.0642. The summed E-state index contributed by atoms with van der Waals surface area (Å²) in [6.07, 6.45) is 7.79. The van der Waals surface area contributed by atoms with Crippen LogP contribution in [0, 0.1) is 5.92 Å². The van der Waals surface area contributed by atoms with Gasteiger partial charge in [-0.25, -0.2) is 0 Å². The molecular weight excluding hydrogens is 253 g/mol. The van der Waals surface area contributed by atoms with Gasteiger partial charge in [-0.05, 0) is 36.1 Å². The Hall–Kier alpha value is -0.240. The van der Waals surface area contributed by atoms with E-state index in [0.29, 0.717) is 10.0 Å². The molecule has 2 N–H and O–H groups in total. The minimum atomic E-state index is 0.0642. The maximum absolute atomic E-state index is 6.25. The molecule has 0 radical (unpaired) electrons. The van der Waals surface area contributed by atoms with E-state index in [4.69, 9.17) is 28.9 Å². The maximum atomic E-state index is 6.25. The second kappa shape index (κ2) is 6.08. The van der Waals surface area contributed by atoms with Gasteiger partial charge in [-0.3, -0.25) is 0 Å². The Balaban J connectivity index is 2.00. The normalized spacial score (nSPS) is 19.2. The summed E-state index contributed by atoms with van der Waals surface area (Å²) in [6, 6.07) is 5.68.